The molecule has 5 nitrogen and oxygen atoms in total. The predicted molar refractivity (Wildman–Crippen MR) is 160 cm³/mol. The second kappa shape index (κ2) is 12.1. The molecule has 0 unspecified atom stereocenters. The van der Waals surface area contributed by atoms with Crippen LogP contribution >= 0.6 is 0 Å². The van der Waals surface area contributed by atoms with Gasteiger partial charge < -0.3 is 14.2 Å². The van der Waals surface area contributed by atoms with E-state index >= 15 is 4.39 Å². The molecule has 0 bridgehead atoms. The third-order valence-corrected chi connectivity index (χ3v) is 7.86. The number of hydrogen-bond donors (Lipinski definition) is 0. The van der Waals surface area contributed by atoms with Gasteiger partial charge in [0.15, 0.2) is 0 Å². The molecule has 0 saturated heterocycles. The fourth-order valence-electron chi connectivity index (χ4n) is 5.78. The number of hydrogen-bond acceptors (Lipinski definition) is 5. The number of aryl methyl sites for hydroxylation is 3. The van der Waals surface area contributed by atoms with Crippen LogP contribution in [-0.4, -0.2) is 30.8 Å². The lowest BCUT2D eigenvalue weighted by molar-refractivity contribution is -0.141. The van der Waals surface area contributed by atoms with Crippen LogP contribution in [0.15, 0.2) is 78.7 Å². The van der Waals surface area contributed by atoms with E-state index in [2.05, 4.69) is 37.5 Å². The molecule has 0 saturated carbocycles. The molecule has 1 aliphatic carbocycles. The number of allylic oxidation sites excluding steroid dienone is 3. The molecule has 41 heavy (non-hydrogen) atoms. The first-order chi connectivity index (χ1) is 19.7. The summed E-state index contributed by atoms with van der Waals surface area (Å²) in [6.45, 7) is 10.7. The van der Waals surface area contributed by atoms with Gasteiger partial charge in [-0.3, -0.25) is 9.78 Å². The lowest BCUT2D eigenvalue weighted by atomic mass is 9.89. The summed E-state index contributed by atoms with van der Waals surface area (Å²) in [6, 6.07) is 15.9. The summed E-state index contributed by atoms with van der Waals surface area (Å²) in [5.41, 5.74) is 8.79. The summed E-state index contributed by atoms with van der Waals surface area (Å²) < 4.78 is 32.2. The molecule has 5 rings (SSSR count). The lowest BCUT2D eigenvalue weighted by Crippen LogP contribution is -2.19. The Bertz CT molecular complexity index is 1530. The minimum absolute atomic E-state index is 0.0507. The quantitative estimate of drug-likeness (QED) is 0.289. The maximum atomic E-state index is 15.4. The van der Waals surface area contributed by atoms with Crippen molar-refractivity contribution in [2.75, 3.05) is 13.7 Å². The molecule has 6 heteroatoms. The van der Waals surface area contributed by atoms with Gasteiger partial charge >= 0.3 is 5.97 Å². The highest BCUT2D eigenvalue weighted by molar-refractivity contribution is 5.76. The van der Waals surface area contributed by atoms with Crippen LogP contribution in [0, 0.1) is 20.8 Å². The number of rotatable bonds is 6. The topological polar surface area (TPSA) is 57.7 Å². The molecule has 0 radical (unpaired) electrons. The molecule has 1 aromatic heterocycles. The number of esters is 1. The number of aromatic nitrogens is 1. The van der Waals surface area contributed by atoms with Crippen molar-refractivity contribution in [1.29, 1.82) is 0 Å². The van der Waals surface area contributed by atoms with Gasteiger partial charge in [-0.15, -0.1) is 0 Å². The lowest BCUT2D eigenvalue weighted by Gasteiger charge is -2.21. The first kappa shape index (κ1) is 28.3. The molecular weight excluding hydrogens is 517 g/mol. The van der Waals surface area contributed by atoms with Gasteiger partial charge in [0.1, 0.15) is 23.4 Å². The molecule has 3 aromatic rings. The van der Waals surface area contributed by atoms with E-state index in [-0.39, 0.29) is 24.1 Å². The Morgan fingerprint density at radius 3 is 2.61 bits per heavy atom. The molecule has 2 aromatic carbocycles. The minimum Gasteiger partial charge on any atom is -0.492 e. The number of methoxy groups -OCH3 is 1. The predicted octanol–water partition coefficient (Wildman–Crippen LogP) is 8.14. The Morgan fingerprint density at radius 2 is 1.88 bits per heavy atom. The van der Waals surface area contributed by atoms with Crippen molar-refractivity contribution < 1.29 is 23.4 Å². The van der Waals surface area contributed by atoms with Gasteiger partial charge in [0.2, 0.25) is 0 Å². The summed E-state index contributed by atoms with van der Waals surface area (Å²) in [7, 11) is 1.38. The Kier molecular flexibility index (Phi) is 8.39. The van der Waals surface area contributed by atoms with Crippen molar-refractivity contribution in [2.24, 2.45) is 0 Å². The van der Waals surface area contributed by atoms with Gasteiger partial charge in [-0.1, -0.05) is 24.8 Å². The zero-order valence-electron chi connectivity index (χ0n) is 24.1. The molecule has 0 fully saturated rings. The molecule has 0 N–H and O–H groups in total. The average molecular weight is 554 g/mol. The molecule has 2 aliphatic rings. The van der Waals surface area contributed by atoms with E-state index in [9.17, 15) is 4.79 Å². The fourth-order valence-corrected chi connectivity index (χ4v) is 5.78. The van der Waals surface area contributed by atoms with Crippen LogP contribution < -0.4 is 9.47 Å². The summed E-state index contributed by atoms with van der Waals surface area (Å²) >= 11 is 0. The molecule has 0 spiro atoms. The number of pyridine rings is 1. The fraction of sp³-hybridized carbons (Fsp3) is 0.314. The number of carbonyl (C=O) groups excluding carboxylic acids is 1. The molecule has 212 valence electrons. The number of ether oxygens (including phenoxy) is 3. The van der Waals surface area contributed by atoms with E-state index in [1.54, 1.807) is 0 Å². The van der Waals surface area contributed by atoms with Crippen molar-refractivity contribution in [2.45, 2.75) is 58.5 Å². The van der Waals surface area contributed by atoms with Gasteiger partial charge in [-0.2, -0.15) is 0 Å². The van der Waals surface area contributed by atoms with Gasteiger partial charge in [0.25, 0.3) is 0 Å². The second-order valence-corrected chi connectivity index (χ2v) is 10.9. The van der Waals surface area contributed by atoms with Crippen LogP contribution in [0.1, 0.15) is 59.5 Å². The Labute approximate surface area is 241 Å². The maximum Gasteiger partial charge on any atom is 0.306 e. The van der Waals surface area contributed by atoms with E-state index in [1.165, 1.54) is 13.2 Å². The highest BCUT2D eigenvalue weighted by atomic mass is 19.1. The smallest absolute Gasteiger partial charge is 0.306 e. The third kappa shape index (κ3) is 6.27. The first-order valence-electron chi connectivity index (χ1n) is 14.0. The normalized spacial score (nSPS) is 21.2. The SMILES string of the molecule is C=C1/C(F)=C\C=C(\c2c(C)cc(-c3cccc(C)n3)cc2C)CCC[C@H]1Oc1ccc2c(c1)OC[C@H]2CC(=O)OC. The number of benzene rings is 2. The van der Waals surface area contributed by atoms with Crippen LogP contribution in [0.2, 0.25) is 0 Å². The van der Waals surface area contributed by atoms with Crippen LogP contribution in [0.3, 0.4) is 0 Å². The van der Waals surface area contributed by atoms with Gasteiger partial charge in [-0.05, 0) is 98.7 Å². The number of carbonyl (C=O) groups is 1. The zero-order chi connectivity index (χ0) is 29.1. The van der Waals surface area contributed by atoms with Crippen LogP contribution in [0.25, 0.3) is 16.8 Å². The van der Waals surface area contributed by atoms with Crippen molar-refractivity contribution in [1.82, 2.24) is 4.98 Å². The molecule has 1 aliphatic heterocycles. The van der Waals surface area contributed by atoms with E-state index in [1.807, 2.05) is 49.4 Å². The highest BCUT2D eigenvalue weighted by Crippen LogP contribution is 2.40. The van der Waals surface area contributed by atoms with Gasteiger partial charge in [0.05, 0.1) is 25.8 Å². The summed E-state index contributed by atoms with van der Waals surface area (Å²) in [5, 5.41) is 0. The van der Waals surface area contributed by atoms with E-state index in [0.717, 1.165) is 57.6 Å². The number of halogens is 1. The third-order valence-electron chi connectivity index (χ3n) is 7.86. The first-order valence-corrected chi connectivity index (χ1v) is 14.0. The monoisotopic (exact) mass is 553 g/mol. The standard InChI is InChI=1S/C35H36FNO4/c1-21-16-26(31-10-6-8-23(3)37-31)17-22(2)35(21)25-9-7-11-32(24(4)30(36)15-12-25)41-28-13-14-29-27(18-34(38)39-5)20-40-33(29)19-28/h6,8,10,12-17,19,27,32H,4,7,9,11,18,20H2,1-3,5H3/b25-12+,30-15+/t27-,32-/m1/s1. The maximum absolute atomic E-state index is 15.4. The summed E-state index contributed by atoms with van der Waals surface area (Å²) in [4.78, 5) is 16.4. The van der Waals surface area contributed by atoms with Crippen molar-refractivity contribution >= 4 is 11.5 Å². The van der Waals surface area contributed by atoms with Crippen LogP contribution in [0.4, 0.5) is 4.39 Å². The Balaban J connectivity index is 1.32. The van der Waals surface area contributed by atoms with E-state index < -0.39 is 6.10 Å². The van der Waals surface area contributed by atoms with Crippen molar-refractivity contribution in [3.63, 3.8) is 0 Å². The average Bonchev–Trinajstić information content (AvgIpc) is 3.36. The molecular formula is C35H36FNO4. The largest absolute Gasteiger partial charge is 0.492 e. The second-order valence-electron chi connectivity index (χ2n) is 10.9. The Morgan fingerprint density at radius 1 is 1.10 bits per heavy atom. The van der Waals surface area contributed by atoms with E-state index in [4.69, 9.17) is 14.2 Å². The zero-order valence-corrected chi connectivity index (χ0v) is 24.1. The van der Waals surface area contributed by atoms with Gasteiger partial charge in [0, 0.05) is 34.4 Å². The molecule has 0 amide bonds. The van der Waals surface area contributed by atoms with Gasteiger partial charge in [-0.25, -0.2) is 4.39 Å². The minimum atomic E-state index is -0.513. The van der Waals surface area contributed by atoms with Crippen LogP contribution in [-0.2, 0) is 9.53 Å². The van der Waals surface area contributed by atoms with Crippen LogP contribution in [0.5, 0.6) is 11.5 Å². The highest BCUT2D eigenvalue weighted by Gasteiger charge is 2.28. The van der Waals surface area contributed by atoms with E-state index in [0.29, 0.717) is 30.1 Å². The van der Waals surface area contributed by atoms with Crippen molar-refractivity contribution in [3.05, 3.63) is 107 Å². The Hall–Kier alpha value is -4.19. The summed E-state index contributed by atoms with van der Waals surface area (Å²) in [6.07, 6.45) is 5.34. The number of nitrogens with zero attached hydrogens (tertiary/aromatic N) is 1. The molecule has 2 heterocycles. The number of fused-ring (bicyclic) bond motifs is 1. The summed E-state index contributed by atoms with van der Waals surface area (Å²) in [5.74, 6) is 0.556. The van der Waals surface area contributed by atoms with Crippen molar-refractivity contribution in [3.8, 4) is 22.8 Å². The molecule has 2 atom stereocenters.